The Morgan fingerprint density at radius 1 is 0.489 bits per heavy atom. The summed E-state index contributed by atoms with van der Waals surface area (Å²) in [4.78, 5) is 0. The number of nitriles is 2. The van der Waals surface area contributed by atoms with Crippen molar-refractivity contribution in [2.45, 2.75) is 207 Å². The molecule has 4 aliphatic rings. The van der Waals surface area contributed by atoms with Crippen LogP contribution in [-0.2, 0) is 0 Å². The standard InChI is InChI=1S/C45H78N2/c1-5-9-11-15-38-22-28-41(29-23-38)44(43(33-46)40-26-20-35(12-7-3)21-27-40)45(34-47,42-30-24-36(13-8-4)25-31-42)32-39-18-16-37(17-19-39)14-10-6-2/h35-44H,5-32H2,1-4H3. The predicted octanol–water partition coefficient (Wildman–Crippen LogP) is 14.2. The molecule has 2 heteroatoms. The summed E-state index contributed by atoms with van der Waals surface area (Å²) >= 11 is 0. The smallest absolute Gasteiger partial charge is 0.0696 e. The molecule has 47 heavy (non-hydrogen) atoms. The Hall–Kier alpha value is -1.02. The van der Waals surface area contributed by atoms with Gasteiger partial charge in [0.2, 0.25) is 0 Å². The zero-order valence-electron chi connectivity index (χ0n) is 32.0. The minimum atomic E-state index is -0.307. The van der Waals surface area contributed by atoms with Crippen LogP contribution in [0.4, 0.5) is 0 Å². The third-order valence-electron chi connectivity index (χ3n) is 14.9. The van der Waals surface area contributed by atoms with Gasteiger partial charge in [-0.1, -0.05) is 163 Å². The third-order valence-corrected chi connectivity index (χ3v) is 14.9. The molecule has 0 spiro atoms. The van der Waals surface area contributed by atoms with E-state index in [2.05, 4.69) is 39.8 Å². The highest BCUT2D eigenvalue weighted by molar-refractivity contribution is 5.15. The summed E-state index contributed by atoms with van der Waals surface area (Å²) in [7, 11) is 0. The number of unbranched alkanes of at least 4 members (excludes halogenated alkanes) is 3. The minimum absolute atomic E-state index is 0.0770. The molecule has 0 bridgehead atoms. The van der Waals surface area contributed by atoms with Gasteiger partial charge in [-0.05, 0) is 98.2 Å². The van der Waals surface area contributed by atoms with Gasteiger partial charge in [-0.25, -0.2) is 0 Å². The van der Waals surface area contributed by atoms with Crippen LogP contribution in [-0.4, -0.2) is 0 Å². The highest BCUT2D eigenvalue weighted by Crippen LogP contribution is 2.59. The maximum Gasteiger partial charge on any atom is 0.0696 e. The summed E-state index contributed by atoms with van der Waals surface area (Å²) in [6, 6.07) is 6.40. The minimum Gasteiger partial charge on any atom is -0.198 e. The van der Waals surface area contributed by atoms with Crippen molar-refractivity contribution in [1.29, 1.82) is 10.5 Å². The molecule has 0 amide bonds. The topological polar surface area (TPSA) is 47.6 Å². The maximum atomic E-state index is 11.8. The average Bonchev–Trinajstić information content (AvgIpc) is 3.11. The van der Waals surface area contributed by atoms with E-state index in [1.165, 1.54) is 173 Å². The van der Waals surface area contributed by atoms with Crippen molar-refractivity contribution in [3.8, 4) is 12.1 Å². The van der Waals surface area contributed by atoms with Crippen LogP contribution in [0, 0.1) is 87.3 Å². The lowest BCUT2D eigenvalue weighted by Crippen LogP contribution is -2.49. The number of hydrogen-bond acceptors (Lipinski definition) is 2. The first-order valence-corrected chi connectivity index (χ1v) is 21.8. The molecule has 0 aromatic carbocycles. The lowest BCUT2D eigenvalue weighted by Gasteiger charge is -2.53. The van der Waals surface area contributed by atoms with Crippen LogP contribution in [0.2, 0.25) is 0 Å². The van der Waals surface area contributed by atoms with Crippen molar-refractivity contribution in [3.05, 3.63) is 0 Å². The first-order valence-electron chi connectivity index (χ1n) is 21.8. The fraction of sp³-hybridized carbons (Fsp3) is 0.956. The first kappa shape index (κ1) is 38.8. The molecule has 4 saturated carbocycles. The van der Waals surface area contributed by atoms with Gasteiger partial charge in [-0.15, -0.1) is 0 Å². The number of rotatable bonds is 18. The Labute approximate surface area is 294 Å². The molecule has 4 fully saturated rings. The Kier molecular flexibility index (Phi) is 17.0. The van der Waals surface area contributed by atoms with E-state index in [1.54, 1.807) is 0 Å². The molecule has 0 aliphatic heterocycles. The number of nitrogens with zero attached hydrogens (tertiary/aromatic N) is 2. The fourth-order valence-corrected chi connectivity index (χ4v) is 12.1. The van der Waals surface area contributed by atoms with Crippen LogP contribution in [0.25, 0.3) is 0 Å². The molecule has 0 saturated heterocycles. The average molecular weight is 647 g/mol. The molecule has 4 rings (SSSR count). The molecule has 0 heterocycles. The van der Waals surface area contributed by atoms with Crippen molar-refractivity contribution in [3.63, 3.8) is 0 Å². The maximum absolute atomic E-state index is 11.8. The van der Waals surface area contributed by atoms with Gasteiger partial charge in [0.25, 0.3) is 0 Å². The lowest BCUT2D eigenvalue weighted by atomic mass is 9.49. The van der Waals surface area contributed by atoms with Crippen LogP contribution < -0.4 is 0 Å². The van der Waals surface area contributed by atoms with Crippen LogP contribution in [0.5, 0.6) is 0 Å². The second kappa shape index (κ2) is 20.6. The zero-order valence-corrected chi connectivity index (χ0v) is 32.0. The summed E-state index contributed by atoms with van der Waals surface area (Å²) < 4.78 is 0. The zero-order chi connectivity index (χ0) is 33.5. The lowest BCUT2D eigenvalue weighted by molar-refractivity contribution is -0.0295. The number of hydrogen-bond donors (Lipinski definition) is 0. The molecule has 0 N–H and O–H groups in total. The van der Waals surface area contributed by atoms with Crippen molar-refractivity contribution in [2.24, 2.45) is 64.6 Å². The van der Waals surface area contributed by atoms with Crippen LogP contribution in [0.3, 0.4) is 0 Å². The second-order valence-corrected chi connectivity index (χ2v) is 17.9. The molecular weight excluding hydrogens is 569 g/mol. The molecular formula is C45H78N2. The quantitative estimate of drug-likeness (QED) is 0.139. The Morgan fingerprint density at radius 3 is 1.43 bits per heavy atom. The van der Waals surface area contributed by atoms with Gasteiger partial charge >= 0.3 is 0 Å². The van der Waals surface area contributed by atoms with Gasteiger partial charge in [0.15, 0.2) is 0 Å². The SMILES string of the molecule is CCCCCC1CCC(C(C(C#N)C2CCC(CCC)CC2)C(C#N)(CC2CCC(CCCC)CC2)C2CCC(CCC)CC2)CC1. The summed E-state index contributed by atoms with van der Waals surface area (Å²) in [5.41, 5.74) is -0.307. The fourth-order valence-electron chi connectivity index (χ4n) is 12.1. The van der Waals surface area contributed by atoms with Crippen LogP contribution >= 0.6 is 0 Å². The van der Waals surface area contributed by atoms with Crippen molar-refractivity contribution in [1.82, 2.24) is 0 Å². The van der Waals surface area contributed by atoms with Crippen molar-refractivity contribution >= 4 is 0 Å². The van der Waals surface area contributed by atoms with Crippen LogP contribution in [0.15, 0.2) is 0 Å². The molecule has 3 unspecified atom stereocenters. The monoisotopic (exact) mass is 647 g/mol. The van der Waals surface area contributed by atoms with Gasteiger partial charge in [0.05, 0.1) is 23.5 Å². The molecule has 4 aliphatic carbocycles. The van der Waals surface area contributed by atoms with E-state index in [0.717, 1.165) is 30.1 Å². The van der Waals surface area contributed by atoms with E-state index in [0.29, 0.717) is 23.7 Å². The van der Waals surface area contributed by atoms with E-state index < -0.39 is 0 Å². The van der Waals surface area contributed by atoms with Gasteiger partial charge in [-0.2, -0.15) is 10.5 Å². The molecule has 0 radical (unpaired) electrons. The molecule has 268 valence electrons. The van der Waals surface area contributed by atoms with Crippen LogP contribution in [0.1, 0.15) is 207 Å². The van der Waals surface area contributed by atoms with Gasteiger partial charge in [0.1, 0.15) is 0 Å². The van der Waals surface area contributed by atoms with Gasteiger partial charge < -0.3 is 0 Å². The van der Waals surface area contributed by atoms with E-state index in [4.69, 9.17) is 0 Å². The third kappa shape index (κ3) is 10.7. The molecule has 0 aromatic rings. The highest BCUT2D eigenvalue weighted by Gasteiger charge is 2.55. The first-order chi connectivity index (χ1) is 23.0. The van der Waals surface area contributed by atoms with E-state index in [-0.39, 0.29) is 17.3 Å². The summed E-state index contributed by atoms with van der Waals surface area (Å²) in [5, 5.41) is 23.1. The van der Waals surface area contributed by atoms with E-state index >= 15 is 0 Å². The summed E-state index contributed by atoms with van der Waals surface area (Å²) in [6.45, 7) is 9.35. The highest BCUT2D eigenvalue weighted by atomic mass is 14.6. The van der Waals surface area contributed by atoms with E-state index in [1.807, 2.05) is 0 Å². The molecule has 3 atom stereocenters. The molecule has 2 nitrogen and oxygen atoms in total. The van der Waals surface area contributed by atoms with Gasteiger partial charge in [0, 0.05) is 0 Å². The van der Waals surface area contributed by atoms with E-state index in [9.17, 15) is 10.5 Å². The van der Waals surface area contributed by atoms with Crippen molar-refractivity contribution < 1.29 is 0 Å². The summed E-state index contributed by atoms with van der Waals surface area (Å²) in [5.74, 6) is 6.15. The Bertz CT molecular complexity index is 911. The normalized spacial score (nSPS) is 34.4. The predicted molar refractivity (Wildman–Crippen MR) is 201 cm³/mol. The largest absolute Gasteiger partial charge is 0.198 e. The second-order valence-electron chi connectivity index (χ2n) is 17.9. The van der Waals surface area contributed by atoms with Gasteiger partial charge in [-0.3, -0.25) is 0 Å². The Balaban J connectivity index is 1.64. The van der Waals surface area contributed by atoms with Crippen molar-refractivity contribution in [2.75, 3.05) is 0 Å². The Morgan fingerprint density at radius 2 is 0.936 bits per heavy atom. The summed E-state index contributed by atoms with van der Waals surface area (Å²) in [6.07, 6.45) is 36.9. The molecule has 0 aromatic heterocycles.